The second-order valence-electron chi connectivity index (χ2n) is 8.52. The molecule has 6 heteroatoms. The van der Waals surface area contributed by atoms with Crippen LogP contribution in [0.5, 0.6) is 0 Å². The second kappa shape index (κ2) is 11.2. The van der Waals surface area contributed by atoms with E-state index in [1.807, 2.05) is 18.4 Å². The Hall–Kier alpha value is -1.11. The minimum absolute atomic E-state index is 0.297. The standard InChI is InChI=1S/C22H39N5S/c1-23-21(24-12-6-7-13-27-16-14-26(2)15-17-27)25-19-22(10-4-3-5-11-22)20-9-8-18-28-20/h8-9,18H,3-7,10-17,19H2,1-2H3,(H2,23,24,25). The predicted molar refractivity (Wildman–Crippen MR) is 122 cm³/mol. The van der Waals surface area contributed by atoms with Crippen LogP contribution in [0, 0.1) is 0 Å². The van der Waals surface area contributed by atoms with Crippen LogP contribution >= 0.6 is 11.3 Å². The third-order valence-electron chi connectivity index (χ3n) is 6.46. The van der Waals surface area contributed by atoms with Gasteiger partial charge in [-0.2, -0.15) is 0 Å². The van der Waals surface area contributed by atoms with Crippen molar-refractivity contribution in [3.05, 3.63) is 22.4 Å². The third-order valence-corrected chi connectivity index (χ3v) is 7.58. The number of nitrogens with zero attached hydrogens (tertiary/aromatic N) is 3. The summed E-state index contributed by atoms with van der Waals surface area (Å²) in [5, 5.41) is 9.40. The van der Waals surface area contributed by atoms with E-state index >= 15 is 0 Å². The Morgan fingerprint density at radius 2 is 1.89 bits per heavy atom. The summed E-state index contributed by atoms with van der Waals surface area (Å²) in [6.45, 7) is 8.08. The molecule has 158 valence electrons. The zero-order valence-corrected chi connectivity index (χ0v) is 18.7. The summed E-state index contributed by atoms with van der Waals surface area (Å²) in [5.41, 5.74) is 0.297. The topological polar surface area (TPSA) is 42.9 Å². The highest BCUT2D eigenvalue weighted by atomic mass is 32.1. The number of nitrogens with one attached hydrogen (secondary N) is 2. The average Bonchev–Trinajstić information content (AvgIpc) is 3.28. The van der Waals surface area contributed by atoms with E-state index in [-0.39, 0.29) is 0 Å². The molecule has 2 N–H and O–H groups in total. The zero-order chi connectivity index (χ0) is 19.7. The van der Waals surface area contributed by atoms with Gasteiger partial charge < -0.3 is 20.4 Å². The lowest BCUT2D eigenvalue weighted by molar-refractivity contribution is 0.152. The molecule has 1 saturated heterocycles. The van der Waals surface area contributed by atoms with Gasteiger partial charge in [0.15, 0.2) is 5.96 Å². The summed E-state index contributed by atoms with van der Waals surface area (Å²) in [7, 11) is 4.11. The van der Waals surface area contributed by atoms with Crippen LogP contribution in [0.1, 0.15) is 49.8 Å². The molecule has 1 aliphatic heterocycles. The monoisotopic (exact) mass is 405 g/mol. The molecule has 2 aliphatic rings. The van der Waals surface area contributed by atoms with Gasteiger partial charge in [0.25, 0.3) is 0 Å². The maximum absolute atomic E-state index is 4.46. The van der Waals surface area contributed by atoms with E-state index in [1.54, 1.807) is 4.88 Å². The van der Waals surface area contributed by atoms with Gasteiger partial charge >= 0.3 is 0 Å². The smallest absolute Gasteiger partial charge is 0.191 e. The fourth-order valence-corrected chi connectivity index (χ4v) is 5.52. The van der Waals surface area contributed by atoms with Gasteiger partial charge in [-0.05, 0) is 50.7 Å². The van der Waals surface area contributed by atoms with E-state index < -0.39 is 0 Å². The van der Waals surface area contributed by atoms with Gasteiger partial charge in [0.2, 0.25) is 0 Å². The lowest BCUT2D eigenvalue weighted by Crippen LogP contribution is -2.46. The van der Waals surface area contributed by atoms with Crippen LogP contribution in [0.4, 0.5) is 0 Å². The molecule has 0 bridgehead atoms. The normalized spacial score (nSPS) is 21.6. The first kappa shape index (κ1) is 21.6. The molecule has 1 saturated carbocycles. The van der Waals surface area contributed by atoms with E-state index in [9.17, 15) is 0 Å². The van der Waals surface area contributed by atoms with Crippen LogP contribution < -0.4 is 10.6 Å². The molecule has 1 aliphatic carbocycles. The van der Waals surface area contributed by atoms with Crippen molar-refractivity contribution in [3.63, 3.8) is 0 Å². The zero-order valence-electron chi connectivity index (χ0n) is 17.9. The van der Waals surface area contributed by atoms with Crippen molar-refractivity contribution in [2.24, 2.45) is 4.99 Å². The fraction of sp³-hybridized carbons (Fsp3) is 0.773. The quantitative estimate of drug-likeness (QED) is 0.396. The molecule has 5 nitrogen and oxygen atoms in total. The van der Waals surface area contributed by atoms with Crippen molar-refractivity contribution >= 4 is 17.3 Å². The van der Waals surface area contributed by atoms with E-state index in [4.69, 9.17) is 0 Å². The van der Waals surface area contributed by atoms with Crippen LogP contribution in [0.3, 0.4) is 0 Å². The average molecular weight is 406 g/mol. The Balaban J connectivity index is 1.37. The molecule has 1 aromatic rings. The van der Waals surface area contributed by atoms with E-state index in [0.29, 0.717) is 5.41 Å². The second-order valence-corrected chi connectivity index (χ2v) is 9.47. The first-order chi connectivity index (χ1) is 13.7. The molecule has 3 rings (SSSR count). The van der Waals surface area contributed by atoms with E-state index in [1.165, 1.54) is 77.7 Å². The number of likely N-dealkylation sites (N-methyl/N-ethyl adjacent to an activating group) is 1. The van der Waals surface area contributed by atoms with Crippen LogP contribution in [-0.2, 0) is 5.41 Å². The Morgan fingerprint density at radius 1 is 1.11 bits per heavy atom. The minimum Gasteiger partial charge on any atom is -0.356 e. The SMILES string of the molecule is CN=C(NCCCCN1CCN(C)CC1)NCC1(c2cccs2)CCCCC1. The summed E-state index contributed by atoms with van der Waals surface area (Å²) < 4.78 is 0. The Bertz CT molecular complexity index is 572. The van der Waals surface area contributed by atoms with E-state index in [2.05, 4.69) is 50.0 Å². The number of hydrogen-bond donors (Lipinski definition) is 2. The first-order valence-corrected chi connectivity index (χ1v) is 12.0. The van der Waals surface area contributed by atoms with Crippen LogP contribution in [0.15, 0.2) is 22.5 Å². The maximum Gasteiger partial charge on any atom is 0.191 e. The summed E-state index contributed by atoms with van der Waals surface area (Å²) in [5.74, 6) is 0.959. The van der Waals surface area contributed by atoms with Crippen LogP contribution in [0.2, 0.25) is 0 Å². The van der Waals surface area contributed by atoms with Crippen molar-refractivity contribution in [2.45, 2.75) is 50.4 Å². The van der Waals surface area contributed by atoms with Gasteiger partial charge in [0.05, 0.1) is 0 Å². The Kier molecular flexibility index (Phi) is 8.62. The number of aliphatic imine (C=N–C) groups is 1. The van der Waals surface area contributed by atoms with Crippen molar-refractivity contribution in [3.8, 4) is 0 Å². The number of thiophene rings is 1. The molecule has 0 radical (unpaired) electrons. The van der Waals surface area contributed by atoms with Crippen molar-refractivity contribution in [1.82, 2.24) is 20.4 Å². The molecule has 0 spiro atoms. The highest BCUT2D eigenvalue weighted by molar-refractivity contribution is 7.10. The molecule has 0 aromatic carbocycles. The van der Waals surface area contributed by atoms with Crippen LogP contribution in [0.25, 0.3) is 0 Å². The Labute approximate surface area is 175 Å². The number of guanidine groups is 1. The molecule has 1 aromatic heterocycles. The fourth-order valence-electron chi connectivity index (χ4n) is 4.53. The summed E-state index contributed by atoms with van der Waals surface area (Å²) >= 11 is 1.92. The highest BCUT2D eigenvalue weighted by Gasteiger charge is 2.34. The molecule has 2 fully saturated rings. The predicted octanol–water partition coefficient (Wildman–Crippen LogP) is 3.14. The highest BCUT2D eigenvalue weighted by Crippen LogP contribution is 2.41. The van der Waals surface area contributed by atoms with Crippen molar-refractivity contribution < 1.29 is 0 Å². The van der Waals surface area contributed by atoms with Gasteiger partial charge in [-0.15, -0.1) is 11.3 Å². The minimum atomic E-state index is 0.297. The molecule has 0 unspecified atom stereocenters. The number of rotatable bonds is 8. The largest absolute Gasteiger partial charge is 0.356 e. The summed E-state index contributed by atoms with van der Waals surface area (Å²) in [6.07, 6.45) is 9.12. The first-order valence-electron chi connectivity index (χ1n) is 11.1. The molecule has 2 heterocycles. The molecule has 0 atom stereocenters. The summed E-state index contributed by atoms with van der Waals surface area (Å²) in [4.78, 5) is 11.0. The molecular formula is C22H39N5S. The molecule has 28 heavy (non-hydrogen) atoms. The van der Waals surface area contributed by atoms with Gasteiger partial charge in [-0.1, -0.05) is 25.3 Å². The van der Waals surface area contributed by atoms with Gasteiger partial charge in [-0.25, -0.2) is 0 Å². The molecule has 0 amide bonds. The van der Waals surface area contributed by atoms with Gasteiger partial charge in [-0.3, -0.25) is 4.99 Å². The lowest BCUT2D eigenvalue weighted by atomic mass is 9.73. The van der Waals surface area contributed by atoms with Gasteiger partial charge in [0, 0.05) is 56.6 Å². The summed E-state index contributed by atoms with van der Waals surface area (Å²) in [6, 6.07) is 4.52. The van der Waals surface area contributed by atoms with Crippen molar-refractivity contribution in [2.75, 3.05) is 59.9 Å². The van der Waals surface area contributed by atoms with E-state index in [0.717, 1.165) is 19.0 Å². The Morgan fingerprint density at radius 3 is 2.57 bits per heavy atom. The van der Waals surface area contributed by atoms with Crippen LogP contribution in [-0.4, -0.2) is 75.7 Å². The number of hydrogen-bond acceptors (Lipinski definition) is 4. The third kappa shape index (κ3) is 6.19. The number of unbranched alkanes of at least 4 members (excludes halogenated alkanes) is 1. The van der Waals surface area contributed by atoms with Gasteiger partial charge in [0.1, 0.15) is 0 Å². The van der Waals surface area contributed by atoms with Crippen molar-refractivity contribution in [1.29, 1.82) is 0 Å². The maximum atomic E-state index is 4.46. The lowest BCUT2D eigenvalue weighted by Gasteiger charge is -2.37. The number of piperazine rings is 1. The molecular weight excluding hydrogens is 366 g/mol.